The minimum atomic E-state index is -0.746. The van der Waals surface area contributed by atoms with E-state index in [9.17, 15) is 14.4 Å². The molecular formula is C19H14Cl2N2O5S. The molecule has 0 aliphatic rings. The Morgan fingerprint density at radius 2 is 1.76 bits per heavy atom. The van der Waals surface area contributed by atoms with Gasteiger partial charge in [-0.1, -0.05) is 29.3 Å². The number of carbonyl (C=O) groups excluding carboxylic acids is 3. The minimum absolute atomic E-state index is 0.166. The summed E-state index contributed by atoms with van der Waals surface area (Å²) >= 11 is 13.3. The first-order chi connectivity index (χ1) is 13.9. The van der Waals surface area contributed by atoms with E-state index in [4.69, 9.17) is 32.7 Å². The van der Waals surface area contributed by atoms with Gasteiger partial charge in [-0.15, -0.1) is 11.3 Å². The van der Waals surface area contributed by atoms with Crippen LogP contribution in [0.3, 0.4) is 0 Å². The van der Waals surface area contributed by atoms with E-state index in [0.29, 0.717) is 21.7 Å². The molecule has 29 heavy (non-hydrogen) atoms. The molecule has 0 aliphatic carbocycles. The van der Waals surface area contributed by atoms with E-state index in [1.807, 2.05) is 0 Å². The molecule has 0 radical (unpaired) electrons. The Morgan fingerprint density at radius 1 is 1.03 bits per heavy atom. The van der Waals surface area contributed by atoms with Gasteiger partial charge in [0.15, 0.2) is 6.61 Å². The largest absolute Gasteiger partial charge is 0.497 e. The van der Waals surface area contributed by atoms with Crippen molar-refractivity contribution in [1.29, 1.82) is 0 Å². The fourth-order valence-corrected chi connectivity index (χ4v) is 4.02. The van der Waals surface area contributed by atoms with Gasteiger partial charge in [-0.25, -0.2) is 4.79 Å². The molecule has 1 heterocycles. The summed E-state index contributed by atoms with van der Waals surface area (Å²) in [6.45, 7) is -0.590. The summed E-state index contributed by atoms with van der Waals surface area (Å²) in [5.41, 5.74) is 4.72. The first kappa shape index (κ1) is 20.9. The van der Waals surface area contributed by atoms with Crippen molar-refractivity contribution in [3.63, 3.8) is 0 Å². The van der Waals surface area contributed by atoms with E-state index in [0.717, 1.165) is 16.0 Å². The van der Waals surface area contributed by atoms with Gasteiger partial charge >= 0.3 is 5.97 Å². The van der Waals surface area contributed by atoms with Crippen molar-refractivity contribution in [3.05, 3.63) is 63.0 Å². The second-order valence-corrected chi connectivity index (χ2v) is 7.56. The summed E-state index contributed by atoms with van der Waals surface area (Å²) in [6, 6.07) is 11.4. The normalized spacial score (nSPS) is 10.4. The number of nitrogens with one attached hydrogen (secondary N) is 2. The predicted molar refractivity (Wildman–Crippen MR) is 111 cm³/mol. The van der Waals surface area contributed by atoms with Gasteiger partial charge in [-0.05, 0) is 36.4 Å². The van der Waals surface area contributed by atoms with Gasteiger partial charge in [0.1, 0.15) is 10.6 Å². The lowest BCUT2D eigenvalue weighted by Gasteiger charge is -2.08. The molecule has 0 saturated carbocycles. The fraction of sp³-hybridized carbons (Fsp3) is 0.105. The molecule has 0 aliphatic heterocycles. The van der Waals surface area contributed by atoms with Crippen LogP contribution in [0.2, 0.25) is 10.0 Å². The van der Waals surface area contributed by atoms with E-state index in [1.54, 1.807) is 30.3 Å². The number of fused-ring (bicyclic) bond motifs is 1. The van der Waals surface area contributed by atoms with Gasteiger partial charge in [0.25, 0.3) is 11.8 Å². The zero-order valence-electron chi connectivity index (χ0n) is 15.0. The maximum absolute atomic E-state index is 12.2. The molecule has 150 valence electrons. The predicted octanol–water partition coefficient (Wildman–Crippen LogP) is 3.83. The zero-order valence-corrected chi connectivity index (χ0v) is 17.3. The number of thiophene rings is 1. The van der Waals surface area contributed by atoms with Crippen molar-refractivity contribution in [1.82, 2.24) is 10.9 Å². The molecule has 3 aromatic rings. The number of halogens is 2. The Bertz CT molecular complexity index is 1080. The molecule has 3 rings (SSSR count). The van der Waals surface area contributed by atoms with Crippen molar-refractivity contribution in [2.75, 3.05) is 13.7 Å². The Morgan fingerprint density at radius 3 is 2.45 bits per heavy atom. The maximum Gasteiger partial charge on any atom is 0.350 e. The van der Waals surface area contributed by atoms with E-state index < -0.39 is 24.4 Å². The molecule has 2 amide bonds. The molecule has 0 unspecified atom stereocenters. The van der Waals surface area contributed by atoms with Crippen LogP contribution in [0.25, 0.3) is 10.1 Å². The highest BCUT2D eigenvalue weighted by Gasteiger charge is 2.20. The van der Waals surface area contributed by atoms with Crippen LogP contribution in [-0.2, 0) is 9.53 Å². The molecule has 0 fully saturated rings. The van der Waals surface area contributed by atoms with Crippen molar-refractivity contribution < 1.29 is 23.9 Å². The van der Waals surface area contributed by atoms with Crippen LogP contribution in [0.1, 0.15) is 20.0 Å². The molecule has 1 aromatic heterocycles. The van der Waals surface area contributed by atoms with E-state index in [-0.39, 0.29) is 9.90 Å². The van der Waals surface area contributed by atoms with Crippen LogP contribution < -0.4 is 15.6 Å². The van der Waals surface area contributed by atoms with Crippen molar-refractivity contribution in [3.8, 4) is 5.75 Å². The number of amides is 2. The number of ether oxygens (including phenoxy) is 2. The van der Waals surface area contributed by atoms with Crippen molar-refractivity contribution in [2.45, 2.75) is 0 Å². The molecule has 7 nitrogen and oxygen atoms in total. The number of methoxy groups -OCH3 is 1. The highest BCUT2D eigenvalue weighted by atomic mass is 35.5. The number of hydrogen-bond acceptors (Lipinski definition) is 6. The smallest absolute Gasteiger partial charge is 0.350 e. The highest BCUT2D eigenvalue weighted by Crippen LogP contribution is 2.37. The molecule has 0 bridgehead atoms. The maximum atomic E-state index is 12.2. The van der Waals surface area contributed by atoms with Crippen molar-refractivity contribution in [2.24, 2.45) is 0 Å². The number of benzene rings is 2. The van der Waals surface area contributed by atoms with Crippen LogP contribution in [0.4, 0.5) is 0 Å². The van der Waals surface area contributed by atoms with E-state index in [2.05, 4.69) is 10.9 Å². The van der Waals surface area contributed by atoms with Crippen LogP contribution in [0.5, 0.6) is 5.75 Å². The monoisotopic (exact) mass is 452 g/mol. The topological polar surface area (TPSA) is 93.7 Å². The third kappa shape index (κ3) is 4.97. The second-order valence-electron chi connectivity index (χ2n) is 5.69. The van der Waals surface area contributed by atoms with Crippen LogP contribution in [0, 0.1) is 0 Å². The minimum Gasteiger partial charge on any atom is -0.497 e. The summed E-state index contributed by atoms with van der Waals surface area (Å²) in [5, 5.41) is 1.42. The van der Waals surface area contributed by atoms with E-state index >= 15 is 0 Å². The molecule has 2 aromatic carbocycles. The average molecular weight is 453 g/mol. The third-order valence-corrected chi connectivity index (χ3v) is 5.65. The Balaban J connectivity index is 1.53. The molecule has 0 atom stereocenters. The standard InChI is InChI=1S/C19H14Cl2N2O5S/c1-27-12-5-2-10(3-6-12)18(25)23-22-15(24)9-28-19(26)17-16(21)13-7-4-11(20)8-14(13)29-17/h2-8H,9H2,1H3,(H,22,24)(H,23,25). The Kier molecular flexibility index (Phi) is 6.58. The van der Waals surface area contributed by atoms with Gasteiger partial charge in [-0.2, -0.15) is 0 Å². The van der Waals surface area contributed by atoms with Crippen LogP contribution in [-0.4, -0.2) is 31.5 Å². The van der Waals surface area contributed by atoms with Gasteiger partial charge in [0, 0.05) is 20.7 Å². The van der Waals surface area contributed by atoms with Gasteiger partial charge in [0.05, 0.1) is 12.1 Å². The van der Waals surface area contributed by atoms with Gasteiger partial charge in [-0.3, -0.25) is 20.4 Å². The quantitative estimate of drug-likeness (QED) is 0.453. The number of hydrogen-bond donors (Lipinski definition) is 2. The third-order valence-electron chi connectivity index (χ3n) is 3.78. The first-order valence-electron chi connectivity index (χ1n) is 8.17. The molecular weight excluding hydrogens is 439 g/mol. The van der Waals surface area contributed by atoms with Gasteiger partial charge < -0.3 is 9.47 Å². The summed E-state index contributed by atoms with van der Waals surface area (Å²) in [6.07, 6.45) is 0. The lowest BCUT2D eigenvalue weighted by molar-refractivity contribution is -0.125. The first-order valence-corrected chi connectivity index (χ1v) is 9.74. The Labute approximate surface area is 179 Å². The molecule has 2 N–H and O–H groups in total. The number of hydrazine groups is 1. The zero-order chi connectivity index (χ0) is 21.0. The summed E-state index contributed by atoms with van der Waals surface area (Å²) < 4.78 is 10.7. The Hall–Kier alpha value is -2.81. The van der Waals surface area contributed by atoms with E-state index in [1.165, 1.54) is 19.2 Å². The lowest BCUT2D eigenvalue weighted by Crippen LogP contribution is -2.43. The lowest BCUT2D eigenvalue weighted by atomic mass is 10.2. The summed E-state index contributed by atoms with van der Waals surface area (Å²) in [7, 11) is 1.51. The van der Waals surface area contributed by atoms with Crippen LogP contribution >= 0.6 is 34.5 Å². The molecule has 0 saturated heterocycles. The number of rotatable bonds is 5. The molecule has 10 heteroatoms. The van der Waals surface area contributed by atoms with Gasteiger partial charge in [0.2, 0.25) is 0 Å². The average Bonchev–Trinajstić information content (AvgIpc) is 3.05. The highest BCUT2D eigenvalue weighted by molar-refractivity contribution is 7.21. The SMILES string of the molecule is COc1ccc(C(=O)NNC(=O)COC(=O)c2sc3cc(Cl)ccc3c2Cl)cc1. The molecule has 0 spiro atoms. The summed E-state index contributed by atoms with van der Waals surface area (Å²) in [4.78, 5) is 36.2. The fourth-order valence-electron chi connectivity index (χ4n) is 2.34. The number of esters is 1. The second kappa shape index (κ2) is 9.13. The summed E-state index contributed by atoms with van der Waals surface area (Å²) in [5.74, 6) is -1.39. The van der Waals surface area contributed by atoms with Crippen molar-refractivity contribution >= 4 is 62.4 Å². The van der Waals surface area contributed by atoms with Crippen LogP contribution in [0.15, 0.2) is 42.5 Å². The number of carbonyl (C=O) groups is 3.